The summed E-state index contributed by atoms with van der Waals surface area (Å²) >= 11 is 0. The van der Waals surface area contributed by atoms with E-state index in [4.69, 9.17) is 4.74 Å². The summed E-state index contributed by atoms with van der Waals surface area (Å²) in [7, 11) is 0. The lowest BCUT2D eigenvalue weighted by Gasteiger charge is -2.43. The highest BCUT2D eigenvalue weighted by atomic mass is 16.5. The molecule has 24 heavy (non-hydrogen) atoms. The largest absolute Gasteiger partial charge is 0.377 e. The van der Waals surface area contributed by atoms with Crippen LogP contribution in [0, 0.1) is 11.8 Å². The van der Waals surface area contributed by atoms with Gasteiger partial charge < -0.3 is 15.0 Å². The minimum atomic E-state index is 0.0888. The molecule has 0 aromatic carbocycles. The zero-order valence-corrected chi connectivity index (χ0v) is 14.2. The third kappa shape index (κ3) is 3.47. The number of carbonyl (C=O) groups is 1. The molecule has 1 N–H and O–H groups in total. The monoisotopic (exact) mass is 329 g/mol. The topological polar surface area (TPSA) is 54.5 Å². The Kier molecular flexibility index (Phi) is 4.81. The Hall–Kier alpha value is -1.46. The molecule has 3 atom stereocenters. The number of fused-ring (bicyclic) bond motifs is 1. The van der Waals surface area contributed by atoms with E-state index in [9.17, 15) is 4.79 Å². The van der Waals surface area contributed by atoms with Gasteiger partial charge in [0.15, 0.2) is 0 Å². The molecule has 3 fully saturated rings. The molecular formula is C19H27N3O2. The van der Waals surface area contributed by atoms with Crippen LogP contribution < -0.4 is 5.32 Å². The Morgan fingerprint density at radius 3 is 3.04 bits per heavy atom. The second kappa shape index (κ2) is 7.19. The summed E-state index contributed by atoms with van der Waals surface area (Å²) in [6.07, 6.45) is 9.45. The molecule has 0 spiro atoms. The van der Waals surface area contributed by atoms with E-state index < -0.39 is 0 Å². The molecule has 0 bridgehead atoms. The number of nitrogens with one attached hydrogen (secondary N) is 1. The van der Waals surface area contributed by atoms with Crippen molar-refractivity contribution in [1.82, 2.24) is 15.2 Å². The van der Waals surface area contributed by atoms with Gasteiger partial charge in [-0.05, 0) is 43.4 Å². The van der Waals surface area contributed by atoms with Gasteiger partial charge in [0.1, 0.15) is 0 Å². The van der Waals surface area contributed by atoms with E-state index in [0.29, 0.717) is 24.8 Å². The maximum Gasteiger partial charge on any atom is 0.222 e. The summed E-state index contributed by atoms with van der Waals surface area (Å²) in [5, 5.41) is 3.00. The number of hydrogen-bond donors (Lipinski definition) is 1. The van der Waals surface area contributed by atoms with Crippen LogP contribution in [0.15, 0.2) is 24.5 Å². The van der Waals surface area contributed by atoms with Crippen LogP contribution in [0.2, 0.25) is 0 Å². The van der Waals surface area contributed by atoms with Gasteiger partial charge in [-0.1, -0.05) is 12.5 Å². The fraction of sp³-hybridized carbons (Fsp3) is 0.684. The number of rotatable bonds is 5. The number of nitrogens with zero attached hydrogens (tertiary/aromatic N) is 2. The molecule has 5 heteroatoms. The van der Waals surface area contributed by atoms with Crippen LogP contribution in [-0.2, 0) is 16.1 Å². The lowest BCUT2D eigenvalue weighted by atomic mass is 9.80. The van der Waals surface area contributed by atoms with Crippen LogP contribution >= 0.6 is 0 Å². The summed E-state index contributed by atoms with van der Waals surface area (Å²) in [6, 6.07) is 4.70. The molecule has 0 radical (unpaired) electrons. The Morgan fingerprint density at radius 1 is 1.38 bits per heavy atom. The third-order valence-electron chi connectivity index (χ3n) is 6.02. The standard InChI is InChI=1S/C19H27N3O2/c23-19(21-11-14-3-2-7-20-10-14)9-18-17-6-8-22(16-4-1-5-16)12-15(17)13-24-18/h2-3,7,10,15-18H,1,4-6,8-9,11-13H2,(H,21,23)/t15-,17-,18+/m1/s1. The third-order valence-corrected chi connectivity index (χ3v) is 6.02. The smallest absolute Gasteiger partial charge is 0.222 e. The van der Waals surface area contributed by atoms with Crippen molar-refractivity contribution in [3.63, 3.8) is 0 Å². The molecule has 4 rings (SSSR count). The average molecular weight is 329 g/mol. The van der Waals surface area contributed by atoms with E-state index in [-0.39, 0.29) is 12.0 Å². The van der Waals surface area contributed by atoms with Crippen LogP contribution in [0.3, 0.4) is 0 Å². The van der Waals surface area contributed by atoms with Crippen molar-refractivity contribution in [2.75, 3.05) is 19.7 Å². The minimum absolute atomic E-state index is 0.0888. The molecule has 0 unspecified atom stereocenters. The van der Waals surface area contributed by atoms with Crippen LogP contribution in [0.4, 0.5) is 0 Å². The van der Waals surface area contributed by atoms with Crippen molar-refractivity contribution in [1.29, 1.82) is 0 Å². The number of hydrogen-bond acceptors (Lipinski definition) is 4. The minimum Gasteiger partial charge on any atom is -0.377 e. The summed E-state index contributed by atoms with van der Waals surface area (Å²) in [5.74, 6) is 1.27. The predicted octanol–water partition coefficient (Wildman–Crippen LogP) is 1.98. The van der Waals surface area contributed by atoms with Crippen molar-refractivity contribution >= 4 is 5.91 Å². The van der Waals surface area contributed by atoms with Gasteiger partial charge in [0.2, 0.25) is 5.91 Å². The molecule has 3 heterocycles. The van der Waals surface area contributed by atoms with Gasteiger partial charge >= 0.3 is 0 Å². The number of pyridine rings is 1. The second-order valence-corrected chi connectivity index (χ2v) is 7.51. The number of carbonyl (C=O) groups excluding carboxylic acids is 1. The predicted molar refractivity (Wildman–Crippen MR) is 91.2 cm³/mol. The van der Waals surface area contributed by atoms with Crippen molar-refractivity contribution in [2.24, 2.45) is 11.8 Å². The van der Waals surface area contributed by atoms with Crippen LogP contribution in [0.1, 0.15) is 37.7 Å². The highest BCUT2D eigenvalue weighted by Gasteiger charge is 2.43. The van der Waals surface area contributed by atoms with Gasteiger partial charge in [0.05, 0.1) is 19.1 Å². The van der Waals surface area contributed by atoms with Crippen molar-refractivity contribution in [3.05, 3.63) is 30.1 Å². The van der Waals surface area contributed by atoms with Gasteiger partial charge in [0, 0.05) is 37.4 Å². The number of likely N-dealkylation sites (tertiary alicyclic amines) is 1. The molecule has 1 saturated carbocycles. The first-order valence-corrected chi connectivity index (χ1v) is 9.31. The maximum absolute atomic E-state index is 12.3. The van der Waals surface area contributed by atoms with Gasteiger partial charge in [0.25, 0.3) is 0 Å². The van der Waals surface area contributed by atoms with Crippen molar-refractivity contribution < 1.29 is 9.53 Å². The van der Waals surface area contributed by atoms with Crippen molar-refractivity contribution in [3.8, 4) is 0 Å². The molecule has 1 aromatic heterocycles. The van der Waals surface area contributed by atoms with E-state index >= 15 is 0 Å². The molecule has 3 aliphatic rings. The quantitative estimate of drug-likeness (QED) is 0.897. The Morgan fingerprint density at radius 2 is 2.29 bits per heavy atom. The molecule has 1 aliphatic carbocycles. The van der Waals surface area contributed by atoms with Crippen molar-refractivity contribution in [2.45, 2.75) is 50.8 Å². The fourth-order valence-corrected chi connectivity index (χ4v) is 4.37. The maximum atomic E-state index is 12.3. The second-order valence-electron chi connectivity index (χ2n) is 7.51. The first kappa shape index (κ1) is 16.0. The number of ether oxygens (including phenoxy) is 1. The average Bonchev–Trinajstić information content (AvgIpc) is 2.95. The Bertz CT molecular complexity index is 561. The number of aromatic nitrogens is 1. The highest BCUT2D eigenvalue weighted by Crippen LogP contribution is 2.38. The lowest BCUT2D eigenvalue weighted by Crippen LogP contribution is -2.49. The van der Waals surface area contributed by atoms with Crippen LogP contribution in [-0.4, -0.2) is 47.6 Å². The first-order chi connectivity index (χ1) is 11.8. The highest BCUT2D eigenvalue weighted by molar-refractivity contribution is 5.76. The van der Waals surface area contributed by atoms with Gasteiger partial charge in [-0.2, -0.15) is 0 Å². The number of piperidine rings is 1. The molecule has 130 valence electrons. The molecule has 2 saturated heterocycles. The van der Waals surface area contributed by atoms with Gasteiger partial charge in [-0.3, -0.25) is 9.78 Å². The molecule has 1 amide bonds. The normalized spacial score (nSPS) is 30.6. The van der Waals surface area contributed by atoms with E-state index in [1.165, 1.54) is 38.8 Å². The van der Waals surface area contributed by atoms with Crippen LogP contribution in [0.5, 0.6) is 0 Å². The van der Waals surface area contributed by atoms with E-state index in [2.05, 4.69) is 15.2 Å². The van der Waals surface area contributed by atoms with E-state index in [1.54, 1.807) is 12.4 Å². The number of amides is 1. The van der Waals surface area contributed by atoms with Crippen LogP contribution in [0.25, 0.3) is 0 Å². The van der Waals surface area contributed by atoms with Gasteiger partial charge in [-0.25, -0.2) is 0 Å². The lowest BCUT2D eigenvalue weighted by molar-refractivity contribution is -0.124. The summed E-state index contributed by atoms with van der Waals surface area (Å²) in [4.78, 5) is 19.0. The summed E-state index contributed by atoms with van der Waals surface area (Å²) < 4.78 is 6.00. The van der Waals surface area contributed by atoms with E-state index in [0.717, 1.165) is 18.2 Å². The molecule has 2 aliphatic heterocycles. The molecule has 5 nitrogen and oxygen atoms in total. The summed E-state index contributed by atoms with van der Waals surface area (Å²) in [5.41, 5.74) is 1.03. The zero-order chi connectivity index (χ0) is 16.4. The van der Waals surface area contributed by atoms with Gasteiger partial charge in [-0.15, -0.1) is 0 Å². The zero-order valence-electron chi connectivity index (χ0n) is 14.2. The SMILES string of the molecule is O=C(C[C@@H]1OC[C@H]2CN(C3CCC3)CC[C@H]21)NCc1cccnc1. The summed E-state index contributed by atoms with van der Waals surface area (Å²) in [6.45, 7) is 3.73. The fourth-order valence-electron chi connectivity index (χ4n) is 4.37. The van der Waals surface area contributed by atoms with E-state index in [1.807, 2.05) is 12.1 Å². The molecule has 1 aromatic rings. The molecular weight excluding hydrogens is 302 g/mol. The first-order valence-electron chi connectivity index (χ1n) is 9.31. The Balaban J connectivity index is 1.25. The Labute approximate surface area is 143 Å².